The van der Waals surface area contributed by atoms with Gasteiger partial charge in [-0.15, -0.1) is 0 Å². The lowest BCUT2D eigenvalue weighted by Gasteiger charge is -2.30. The Hall–Kier alpha value is -0.970. The van der Waals surface area contributed by atoms with Crippen molar-refractivity contribution in [1.82, 2.24) is 15.2 Å². The van der Waals surface area contributed by atoms with E-state index in [4.69, 9.17) is 4.74 Å². The van der Waals surface area contributed by atoms with Gasteiger partial charge in [0.2, 0.25) is 0 Å². The molecule has 0 radical (unpaired) electrons. The Labute approximate surface area is 122 Å². The molecule has 112 valence electrons. The fourth-order valence-corrected chi connectivity index (χ4v) is 2.59. The number of nitrogens with one attached hydrogen (secondary N) is 1. The van der Waals surface area contributed by atoms with E-state index < -0.39 is 0 Å². The van der Waals surface area contributed by atoms with Crippen LogP contribution in [0.4, 0.5) is 0 Å². The number of hydrogen-bond donors (Lipinski definition) is 1. The van der Waals surface area contributed by atoms with Gasteiger partial charge in [-0.1, -0.05) is 13.0 Å². The Kier molecular flexibility index (Phi) is 6.43. The third kappa shape index (κ3) is 4.85. The van der Waals surface area contributed by atoms with E-state index in [2.05, 4.69) is 34.3 Å². The molecule has 2 rings (SSSR count). The lowest BCUT2D eigenvalue weighted by atomic mass is 10.1. The summed E-state index contributed by atoms with van der Waals surface area (Å²) in [6.45, 7) is 7.34. The van der Waals surface area contributed by atoms with Crippen molar-refractivity contribution in [2.24, 2.45) is 0 Å². The van der Waals surface area contributed by atoms with Crippen molar-refractivity contribution in [2.75, 3.05) is 26.7 Å². The van der Waals surface area contributed by atoms with Crippen LogP contribution in [-0.2, 0) is 17.8 Å². The Morgan fingerprint density at radius 2 is 2.15 bits per heavy atom. The van der Waals surface area contributed by atoms with Gasteiger partial charge in [-0.05, 0) is 37.4 Å². The van der Waals surface area contributed by atoms with Crippen LogP contribution in [0.3, 0.4) is 0 Å². The van der Waals surface area contributed by atoms with Crippen LogP contribution in [0.25, 0.3) is 0 Å². The standard InChI is InChI=1S/C16H27N3O/c1-3-8-17-11-14-4-5-15(18-12-14)13-19-9-6-16(20-2)7-10-19/h4-5,12,16-17H,3,6-11,13H2,1-2H3. The number of likely N-dealkylation sites (tertiary alicyclic amines) is 1. The monoisotopic (exact) mass is 277 g/mol. The quantitative estimate of drug-likeness (QED) is 0.775. The number of pyridine rings is 1. The lowest BCUT2D eigenvalue weighted by molar-refractivity contribution is 0.0385. The van der Waals surface area contributed by atoms with Crippen LogP contribution >= 0.6 is 0 Å². The summed E-state index contributed by atoms with van der Waals surface area (Å²) in [7, 11) is 1.81. The van der Waals surface area contributed by atoms with Crippen LogP contribution in [0.15, 0.2) is 18.3 Å². The number of hydrogen-bond acceptors (Lipinski definition) is 4. The van der Waals surface area contributed by atoms with Gasteiger partial charge in [0, 0.05) is 39.5 Å². The molecule has 0 amide bonds. The average Bonchev–Trinajstić information content (AvgIpc) is 2.50. The third-order valence-corrected chi connectivity index (χ3v) is 3.90. The SMILES string of the molecule is CCCNCc1ccc(CN2CCC(OC)CC2)nc1. The Bertz CT molecular complexity index is 372. The largest absolute Gasteiger partial charge is 0.381 e. The Morgan fingerprint density at radius 3 is 2.75 bits per heavy atom. The molecule has 2 heterocycles. The molecular weight excluding hydrogens is 250 g/mol. The number of methoxy groups -OCH3 is 1. The zero-order valence-electron chi connectivity index (χ0n) is 12.8. The van der Waals surface area contributed by atoms with Gasteiger partial charge < -0.3 is 10.1 Å². The fraction of sp³-hybridized carbons (Fsp3) is 0.688. The van der Waals surface area contributed by atoms with Crippen molar-refractivity contribution >= 4 is 0 Å². The molecule has 1 aliphatic heterocycles. The summed E-state index contributed by atoms with van der Waals surface area (Å²) in [6.07, 6.45) is 5.89. The molecule has 4 heteroatoms. The van der Waals surface area contributed by atoms with Crippen LogP contribution < -0.4 is 5.32 Å². The van der Waals surface area contributed by atoms with E-state index in [0.717, 1.165) is 45.6 Å². The highest BCUT2D eigenvalue weighted by Crippen LogP contribution is 2.15. The summed E-state index contributed by atoms with van der Waals surface area (Å²) in [5, 5.41) is 3.40. The maximum atomic E-state index is 5.40. The van der Waals surface area contributed by atoms with Gasteiger partial charge in [0.1, 0.15) is 0 Å². The molecule has 0 bridgehead atoms. The zero-order valence-corrected chi connectivity index (χ0v) is 12.8. The van der Waals surface area contributed by atoms with Gasteiger partial charge in [0.05, 0.1) is 11.8 Å². The minimum absolute atomic E-state index is 0.450. The highest BCUT2D eigenvalue weighted by Gasteiger charge is 2.18. The number of ether oxygens (including phenoxy) is 1. The number of aromatic nitrogens is 1. The Morgan fingerprint density at radius 1 is 1.35 bits per heavy atom. The second-order valence-corrected chi connectivity index (χ2v) is 5.55. The molecule has 0 unspecified atom stereocenters. The predicted molar refractivity (Wildman–Crippen MR) is 81.5 cm³/mol. The first-order valence-corrected chi connectivity index (χ1v) is 7.71. The second kappa shape index (κ2) is 8.35. The third-order valence-electron chi connectivity index (χ3n) is 3.90. The highest BCUT2D eigenvalue weighted by molar-refractivity contribution is 5.14. The van der Waals surface area contributed by atoms with Gasteiger partial charge in [-0.3, -0.25) is 9.88 Å². The van der Waals surface area contributed by atoms with E-state index in [1.807, 2.05) is 13.3 Å². The van der Waals surface area contributed by atoms with E-state index in [-0.39, 0.29) is 0 Å². The zero-order chi connectivity index (χ0) is 14.2. The minimum Gasteiger partial charge on any atom is -0.381 e. The molecule has 1 N–H and O–H groups in total. The molecular formula is C16H27N3O. The molecule has 4 nitrogen and oxygen atoms in total. The summed E-state index contributed by atoms with van der Waals surface area (Å²) in [6, 6.07) is 4.35. The number of piperidine rings is 1. The van der Waals surface area contributed by atoms with Crippen LogP contribution in [0.1, 0.15) is 37.4 Å². The topological polar surface area (TPSA) is 37.4 Å². The van der Waals surface area contributed by atoms with Crippen molar-refractivity contribution in [3.8, 4) is 0 Å². The molecule has 1 aromatic heterocycles. The van der Waals surface area contributed by atoms with E-state index in [1.54, 1.807) is 0 Å². The van der Waals surface area contributed by atoms with Crippen molar-refractivity contribution in [2.45, 2.75) is 45.4 Å². The second-order valence-electron chi connectivity index (χ2n) is 5.55. The summed E-state index contributed by atoms with van der Waals surface area (Å²) >= 11 is 0. The first kappa shape index (κ1) is 15.4. The van der Waals surface area contributed by atoms with Gasteiger partial charge >= 0.3 is 0 Å². The van der Waals surface area contributed by atoms with E-state index in [1.165, 1.54) is 17.7 Å². The highest BCUT2D eigenvalue weighted by atomic mass is 16.5. The van der Waals surface area contributed by atoms with Crippen LogP contribution in [-0.4, -0.2) is 42.7 Å². The van der Waals surface area contributed by atoms with E-state index >= 15 is 0 Å². The molecule has 1 saturated heterocycles. The normalized spacial score (nSPS) is 17.5. The van der Waals surface area contributed by atoms with Crippen LogP contribution in [0, 0.1) is 0 Å². The van der Waals surface area contributed by atoms with Crippen molar-refractivity contribution < 1.29 is 4.74 Å². The molecule has 1 fully saturated rings. The summed E-state index contributed by atoms with van der Waals surface area (Å²) in [5.74, 6) is 0. The number of nitrogens with zero attached hydrogens (tertiary/aromatic N) is 2. The molecule has 0 atom stereocenters. The summed E-state index contributed by atoms with van der Waals surface area (Å²) < 4.78 is 5.40. The lowest BCUT2D eigenvalue weighted by Crippen LogP contribution is -2.36. The van der Waals surface area contributed by atoms with Crippen molar-refractivity contribution in [1.29, 1.82) is 0 Å². The predicted octanol–water partition coefficient (Wildman–Crippen LogP) is 2.19. The van der Waals surface area contributed by atoms with E-state index in [0.29, 0.717) is 6.10 Å². The molecule has 20 heavy (non-hydrogen) atoms. The van der Waals surface area contributed by atoms with Crippen LogP contribution in [0.5, 0.6) is 0 Å². The molecule has 0 aromatic carbocycles. The van der Waals surface area contributed by atoms with Crippen LogP contribution in [0.2, 0.25) is 0 Å². The number of rotatable bonds is 7. The van der Waals surface area contributed by atoms with E-state index in [9.17, 15) is 0 Å². The molecule has 0 spiro atoms. The Balaban J connectivity index is 1.76. The molecule has 0 saturated carbocycles. The molecule has 1 aromatic rings. The van der Waals surface area contributed by atoms with Crippen molar-refractivity contribution in [3.05, 3.63) is 29.6 Å². The van der Waals surface area contributed by atoms with Gasteiger partial charge in [-0.2, -0.15) is 0 Å². The molecule has 1 aliphatic rings. The maximum absolute atomic E-state index is 5.40. The fourth-order valence-electron chi connectivity index (χ4n) is 2.59. The first-order valence-electron chi connectivity index (χ1n) is 7.71. The van der Waals surface area contributed by atoms with Gasteiger partial charge in [0.25, 0.3) is 0 Å². The van der Waals surface area contributed by atoms with Gasteiger partial charge in [-0.25, -0.2) is 0 Å². The molecule has 0 aliphatic carbocycles. The first-order chi connectivity index (χ1) is 9.81. The summed E-state index contributed by atoms with van der Waals surface area (Å²) in [4.78, 5) is 7.04. The summed E-state index contributed by atoms with van der Waals surface area (Å²) in [5.41, 5.74) is 2.43. The maximum Gasteiger partial charge on any atom is 0.0595 e. The minimum atomic E-state index is 0.450. The van der Waals surface area contributed by atoms with Gasteiger partial charge in [0.15, 0.2) is 0 Å². The average molecular weight is 277 g/mol. The smallest absolute Gasteiger partial charge is 0.0595 e. The van der Waals surface area contributed by atoms with Crippen molar-refractivity contribution in [3.63, 3.8) is 0 Å².